The van der Waals surface area contributed by atoms with Crippen LogP contribution in [-0.4, -0.2) is 57.3 Å². The van der Waals surface area contributed by atoms with Gasteiger partial charge in [0.2, 0.25) is 34.9 Å². The van der Waals surface area contributed by atoms with Crippen molar-refractivity contribution in [1.29, 1.82) is 0 Å². The maximum atomic E-state index is 13.3. The SMILES string of the molecule is CC(C)[C@@H]1Nc2nc(Cl)nc(n2)NCCCC[C@H](C(N)=O)NC(=O)[C@H](Cc2ccccc2)NC1=O. The van der Waals surface area contributed by atoms with Gasteiger partial charge in [0.05, 0.1) is 0 Å². The number of primary amides is 1. The fraction of sp³-hybridized carbons (Fsp3) is 0.478. The van der Waals surface area contributed by atoms with Crippen LogP contribution >= 0.6 is 11.6 Å². The molecule has 12 heteroatoms. The number of nitrogens with zero attached hydrogens (tertiary/aromatic N) is 3. The minimum absolute atomic E-state index is 0.0239. The quantitative estimate of drug-likeness (QED) is 0.417. The van der Waals surface area contributed by atoms with Crippen molar-refractivity contribution in [1.82, 2.24) is 25.6 Å². The molecule has 0 spiro atoms. The van der Waals surface area contributed by atoms with Crippen LogP contribution in [0.4, 0.5) is 11.9 Å². The van der Waals surface area contributed by atoms with Crippen LogP contribution in [0, 0.1) is 5.92 Å². The second-order valence-electron chi connectivity index (χ2n) is 8.75. The van der Waals surface area contributed by atoms with Gasteiger partial charge in [-0.1, -0.05) is 44.2 Å². The van der Waals surface area contributed by atoms with Gasteiger partial charge in [-0.3, -0.25) is 14.4 Å². The molecule has 35 heavy (non-hydrogen) atoms. The molecule has 2 aromatic rings. The molecule has 11 nitrogen and oxygen atoms in total. The van der Waals surface area contributed by atoms with E-state index < -0.39 is 35.8 Å². The first kappa shape index (κ1) is 26.1. The highest BCUT2D eigenvalue weighted by Gasteiger charge is 2.30. The first-order valence-corrected chi connectivity index (χ1v) is 12.0. The molecule has 3 atom stereocenters. The molecule has 6 N–H and O–H groups in total. The summed E-state index contributed by atoms with van der Waals surface area (Å²) in [6.07, 6.45) is 1.87. The fourth-order valence-corrected chi connectivity index (χ4v) is 3.88. The van der Waals surface area contributed by atoms with Gasteiger partial charge in [-0.05, 0) is 42.3 Å². The fourth-order valence-electron chi connectivity index (χ4n) is 3.72. The van der Waals surface area contributed by atoms with Gasteiger partial charge in [0.1, 0.15) is 18.1 Å². The molecule has 0 saturated heterocycles. The zero-order chi connectivity index (χ0) is 25.4. The second-order valence-corrected chi connectivity index (χ2v) is 9.09. The Labute approximate surface area is 209 Å². The lowest BCUT2D eigenvalue weighted by Crippen LogP contribution is -2.56. The molecule has 1 aliphatic heterocycles. The van der Waals surface area contributed by atoms with Gasteiger partial charge in [-0.2, -0.15) is 15.0 Å². The molecule has 2 heterocycles. The van der Waals surface area contributed by atoms with Crippen LogP contribution in [0.3, 0.4) is 0 Å². The number of anilines is 2. The number of amides is 3. The van der Waals surface area contributed by atoms with E-state index in [-0.39, 0.29) is 29.5 Å². The average molecular weight is 503 g/mol. The lowest BCUT2D eigenvalue weighted by molar-refractivity contribution is -0.131. The van der Waals surface area contributed by atoms with E-state index >= 15 is 0 Å². The Morgan fingerprint density at radius 1 is 1.03 bits per heavy atom. The van der Waals surface area contributed by atoms with E-state index in [0.29, 0.717) is 25.8 Å². The maximum Gasteiger partial charge on any atom is 0.243 e. The molecule has 1 aromatic heterocycles. The third-order valence-corrected chi connectivity index (χ3v) is 5.79. The van der Waals surface area contributed by atoms with E-state index in [4.69, 9.17) is 17.3 Å². The second kappa shape index (κ2) is 12.3. The van der Waals surface area contributed by atoms with Gasteiger partial charge in [0.25, 0.3) is 0 Å². The van der Waals surface area contributed by atoms with Crippen LogP contribution in [0.15, 0.2) is 30.3 Å². The number of hydrogen-bond acceptors (Lipinski definition) is 8. The number of aromatic nitrogens is 3. The summed E-state index contributed by atoms with van der Waals surface area (Å²) in [7, 11) is 0. The van der Waals surface area contributed by atoms with E-state index in [1.54, 1.807) is 0 Å². The zero-order valence-electron chi connectivity index (χ0n) is 19.8. The predicted octanol–water partition coefficient (Wildman–Crippen LogP) is 1.25. The molecule has 0 radical (unpaired) electrons. The third kappa shape index (κ3) is 7.78. The van der Waals surface area contributed by atoms with Crippen LogP contribution in [0.5, 0.6) is 0 Å². The molecule has 3 amide bonds. The molecular weight excluding hydrogens is 472 g/mol. The van der Waals surface area contributed by atoms with Crippen LogP contribution in [0.2, 0.25) is 5.28 Å². The molecule has 3 rings (SSSR count). The summed E-state index contributed by atoms with van der Waals surface area (Å²) in [5, 5.41) is 11.6. The highest BCUT2D eigenvalue weighted by Crippen LogP contribution is 2.15. The summed E-state index contributed by atoms with van der Waals surface area (Å²) in [6, 6.07) is 6.74. The van der Waals surface area contributed by atoms with Crippen LogP contribution < -0.4 is 27.0 Å². The van der Waals surface area contributed by atoms with Crippen molar-refractivity contribution >= 4 is 41.2 Å². The molecule has 1 aliphatic rings. The number of benzene rings is 1. The van der Waals surface area contributed by atoms with Crippen molar-refractivity contribution in [2.75, 3.05) is 17.2 Å². The normalized spacial score (nSPS) is 21.9. The third-order valence-electron chi connectivity index (χ3n) is 5.62. The highest BCUT2D eigenvalue weighted by atomic mass is 35.5. The number of fused-ring (bicyclic) bond motifs is 2. The van der Waals surface area contributed by atoms with E-state index in [2.05, 4.69) is 36.2 Å². The van der Waals surface area contributed by atoms with Crippen LogP contribution in [0.25, 0.3) is 0 Å². The van der Waals surface area contributed by atoms with Gasteiger partial charge in [0, 0.05) is 13.0 Å². The van der Waals surface area contributed by atoms with Crippen LogP contribution in [0.1, 0.15) is 38.7 Å². The summed E-state index contributed by atoms with van der Waals surface area (Å²) >= 11 is 6.06. The summed E-state index contributed by atoms with van der Waals surface area (Å²) in [5.41, 5.74) is 6.40. The van der Waals surface area contributed by atoms with E-state index in [1.807, 2.05) is 44.2 Å². The molecule has 0 aliphatic carbocycles. The molecule has 1 aromatic carbocycles. The largest absolute Gasteiger partial charge is 0.368 e. The van der Waals surface area contributed by atoms with E-state index in [0.717, 1.165) is 5.56 Å². The van der Waals surface area contributed by atoms with Gasteiger partial charge < -0.3 is 27.0 Å². The Bertz CT molecular complexity index is 1040. The van der Waals surface area contributed by atoms with Crippen molar-refractivity contribution in [3.63, 3.8) is 0 Å². The predicted molar refractivity (Wildman–Crippen MR) is 133 cm³/mol. The Morgan fingerprint density at radius 3 is 2.43 bits per heavy atom. The van der Waals surface area contributed by atoms with E-state index in [1.165, 1.54) is 0 Å². The number of carbonyl (C=O) groups excluding carboxylic acids is 3. The number of hydrogen-bond donors (Lipinski definition) is 5. The summed E-state index contributed by atoms with van der Waals surface area (Å²) in [5.74, 6) is -1.31. The Balaban J connectivity index is 1.93. The van der Waals surface area contributed by atoms with Crippen LogP contribution in [-0.2, 0) is 20.8 Å². The molecule has 0 unspecified atom stereocenters. The Morgan fingerprint density at radius 2 is 1.74 bits per heavy atom. The summed E-state index contributed by atoms with van der Waals surface area (Å²) in [4.78, 5) is 51.0. The number of halogens is 1. The number of carbonyl (C=O) groups is 3. The Kier molecular flexibility index (Phi) is 9.18. The minimum Gasteiger partial charge on any atom is -0.368 e. The smallest absolute Gasteiger partial charge is 0.243 e. The lowest BCUT2D eigenvalue weighted by Gasteiger charge is -2.26. The first-order valence-electron chi connectivity index (χ1n) is 11.6. The highest BCUT2D eigenvalue weighted by molar-refractivity contribution is 6.28. The average Bonchev–Trinajstić information content (AvgIpc) is 2.80. The van der Waals surface area contributed by atoms with Crippen molar-refractivity contribution in [3.05, 3.63) is 41.2 Å². The zero-order valence-corrected chi connectivity index (χ0v) is 20.5. The summed E-state index contributed by atoms with van der Waals surface area (Å²) < 4.78 is 0. The van der Waals surface area contributed by atoms with E-state index in [9.17, 15) is 14.4 Å². The van der Waals surface area contributed by atoms with Gasteiger partial charge in [-0.15, -0.1) is 0 Å². The van der Waals surface area contributed by atoms with Crippen molar-refractivity contribution < 1.29 is 14.4 Å². The molecule has 188 valence electrons. The molecule has 0 fully saturated rings. The molecule has 2 bridgehead atoms. The lowest BCUT2D eigenvalue weighted by atomic mass is 10.0. The standard InChI is InChI=1S/C23H31ClN8O3/c1-13(2)17-20(35)28-16(12-14-8-4-3-5-9-14)19(34)27-15(18(25)33)10-6-7-11-26-22-30-21(24)31-23(29-17)32-22/h3-5,8-9,13,15-17H,6-7,10-12H2,1-2H3,(H2,25,33)(H,27,34)(H,28,35)(H2,26,29,30,31,32)/t15-,16+,17+/m1/s1. The topological polar surface area (TPSA) is 164 Å². The monoisotopic (exact) mass is 502 g/mol. The summed E-state index contributed by atoms with van der Waals surface area (Å²) in [6.45, 7) is 4.21. The van der Waals surface area contributed by atoms with Crippen molar-refractivity contribution in [2.24, 2.45) is 11.7 Å². The number of nitrogens with one attached hydrogen (secondary N) is 4. The Hall–Kier alpha value is -3.47. The minimum atomic E-state index is -0.929. The maximum absolute atomic E-state index is 13.3. The molecule has 0 saturated carbocycles. The van der Waals surface area contributed by atoms with Crippen molar-refractivity contribution in [3.8, 4) is 0 Å². The first-order chi connectivity index (χ1) is 16.7. The number of nitrogens with two attached hydrogens (primary N) is 1. The van der Waals surface area contributed by atoms with Gasteiger partial charge in [0.15, 0.2) is 0 Å². The van der Waals surface area contributed by atoms with Crippen molar-refractivity contribution in [2.45, 2.75) is 57.7 Å². The van der Waals surface area contributed by atoms with Gasteiger partial charge in [-0.25, -0.2) is 0 Å². The number of rotatable bonds is 4. The molecular formula is C23H31ClN8O3. The van der Waals surface area contributed by atoms with Gasteiger partial charge >= 0.3 is 0 Å².